The molecule has 4 aromatic rings. The minimum absolute atomic E-state index is 0.227. The molecule has 2 N–H and O–H groups in total. The summed E-state index contributed by atoms with van der Waals surface area (Å²) in [6.45, 7) is 2.69. The van der Waals surface area contributed by atoms with Gasteiger partial charge < -0.3 is 10.1 Å². The van der Waals surface area contributed by atoms with Crippen LogP contribution >= 0.6 is 46.1 Å². The van der Waals surface area contributed by atoms with Crippen LogP contribution in [0.15, 0.2) is 66.7 Å². The highest BCUT2D eigenvalue weighted by molar-refractivity contribution is 14.1. The molecule has 0 fully saturated rings. The van der Waals surface area contributed by atoms with Crippen LogP contribution in [0, 0.1) is 3.57 Å². The number of carbonyl (C=O) groups excluding carboxylic acids is 1. The van der Waals surface area contributed by atoms with Crippen LogP contribution in [0.1, 0.15) is 23.7 Å². The van der Waals surface area contributed by atoms with E-state index >= 15 is 0 Å². The molecule has 8 heteroatoms. The van der Waals surface area contributed by atoms with Crippen LogP contribution in [-0.2, 0) is 0 Å². The molecule has 0 saturated carbocycles. The van der Waals surface area contributed by atoms with E-state index in [9.17, 15) is 4.79 Å². The molecule has 32 heavy (non-hydrogen) atoms. The smallest absolute Gasteiger partial charge is 0.257 e. The van der Waals surface area contributed by atoms with Gasteiger partial charge in [-0.25, -0.2) is 4.98 Å². The fourth-order valence-electron chi connectivity index (χ4n) is 3.04. The topological polar surface area (TPSA) is 63.2 Å². The van der Waals surface area contributed by atoms with Crippen LogP contribution in [0.5, 0.6) is 5.75 Å². The molecule has 0 spiro atoms. The number of hydrogen-bond donors (Lipinski definition) is 2. The highest BCUT2D eigenvalue weighted by Gasteiger charge is 2.14. The number of rotatable bonds is 6. The highest BCUT2D eigenvalue weighted by atomic mass is 127. The fraction of sp³-hybridized carbons (Fsp3) is 0.125. The van der Waals surface area contributed by atoms with Crippen molar-refractivity contribution in [1.82, 2.24) is 10.3 Å². The van der Waals surface area contributed by atoms with Crippen molar-refractivity contribution in [2.75, 3.05) is 11.9 Å². The van der Waals surface area contributed by atoms with Crippen LogP contribution in [0.3, 0.4) is 0 Å². The second-order valence-electron chi connectivity index (χ2n) is 6.96. The van der Waals surface area contributed by atoms with Gasteiger partial charge in [-0.05, 0) is 95.8 Å². The van der Waals surface area contributed by atoms with Gasteiger partial charge in [0.15, 0.2) is 5.11 Å². The Balaban J connectivity index is 1.49. The number of para-hydroxylation sites is 1. The predicted molar refractivity (Wildman–Crippen MR) is 144 cm³/mol. The van der Waals surface area contributed by atoms with Crippen LogP contribution < -0.4 is 15.4 Å². The first kappa shape index (κ1) is 22.6. The molecule has 1 amide bonds. The van der Waals surface area contributed by atoms with Gasteiger partial charge in [-0.3, -0.25) is 10.1 Å². The Kier molecular flexibility index (Phi) is 7.33. The van der Waals surface area contributed by atoms with Crippen molar-refractivity contribution in [2.24, 2.45) is 0 Å². The second kappa shape index (κ2) is 10.4. The van der Waals surface area contributed by atoms with Crippen molar-refractivity contribution in [3.05, 3.63) is 75.9 Å². The van der Waals surface area contributed by atoms with E-state index in [1.807, 2.05) is 37.3 Å². The van der Waals surface area contributed by atoms with Crippen LogP contribution in [0.25, 0.3) is 20.8 Å². The number of nitrogens with zero attached hydrogens (tertiary/aromatic N) is 1. The van der Waals surface area contributed by atoms with Gasteiger partial charge in [0.1, 0.15) is 10.8 Å². The third kappa shape index (κ3) is 5.43. The molecule has 0 saturated heterocycles. The molecule has 4 rings (SSSR count). The minimum atomic E-state index is -0.281. The number of thiocarbonyl (C=S) groups is 1. The summed E-state index contributed by atoms with van der Waals surface area (Å²) in [6.07, 6.45) is 0.930. The van der Waals surface area contributed by atoms with Crippen molar-refractivity contribution < 1.29 is 9.53 Å². The lowest BCUT2D eigenvalue weighted by Crippen LogP contribution is -2.34. The average molecular weight is 573 g/mol. The van der Waals surface area contributed by atoms with Crippen LogP contribution in [-0.4, -0.2) is 22.6 Å². The van der Waals surface area contributed by atoms with Gasteiger partial charge in [0.2, 0.25) is 0 Å². The van der Waals surface area contributed by atoms with E-state index in [1.54, 1.807) is 35.6 Å². The first-order valence-corrected chi connectivity index (χ1v) is 12.3. The standard InChI is InChI=1S/C24H20IN3O2S2/c1-2-13-30-17-10-7-15(8-11-17)22(29)28-24(31)27-19-12-9-16(25)14-18(19)23-26-20-5-3-4-6-21(20)32-23/h3-12,14H,2,13H2,1H3,(H2,27,28,29,31). The van der Waals surface area contributed by atoms with E-state index in [0.29, 0.717) is 12.2 Å². The van der Waals surface area contributed by atoms with Gasteiger partial charge in [0.25, 0.3) is 5.91 Å². The zero-order valence-electron chi connectivity index (χ0n) is 17.2. The summed E-state index contributed by atoms with van der Waals surface area (Å²) in [5.74, 6) is 0.458. The van der Waals surface area contributed by atoms with Crippen molar-refractivity contribution in [3.63, 3.8) is 0 Å². The minimum Gasteiger partial charge on any atom is -0.494 e. The number of benzene rings is 3. The lowest BCUT2D eigenvalue weighted by Gasteiger charge is -2.13. The molecular weight excluding hydrogens is 553 g/mol. The van der Waals surface area contributed by atoms with Gasteiger partial charge >= 0.3 is 0 Å². The summed E-state index contributed by atoms with van der Waals surface area (Å²) in [5.41, 5.74) is 3.19. The number of fused-ring (bicyclic) bond motifs is 1. The van der Waals surface area contributed by atoms with Crippen molar-refractivity contribution in [1.29, 1.82) is 0 Å². The number of aromatic nitrogens is 1. The Morgan fingerprint density at radius 2 is 1.91 bits per heavy atom. The van der Waals surface area contributed by atoms with Gasteiger partial charge in [-0.1, -0.05) is 19.1 Å². The summed E-state index contributed by atoms with van der Waals surface area (Å²) < 4.78 is 7.77. The Morgan fingerprint density at radius 3 is 2.66 bits per heavy atom. The van der Waals surface area contributed by atoms with E-state index < -0.39 is 0 Å². The van der Waals surface area contributed by atoms with E-state index in [1.165, 1.54) is 0 Å². The molecule has 1 heterocycles. The first-order chi connectivity index (χ1) is 15.5. The molecule has 0 aliphatic heterocycles. The van der Waals surface area contributed by atoms with E-state index in [-0.39, 0.29) is 11.0 Å². The SMILES string of the molecule is CCCOc1ccc(C(=O)NC(=S)Nc2ccc(I)cc2-c2nc3ccccc3s2)cc1. The van der Waals surface area contributed by atoms with Crippen LogP contribution in [0.4, 0.5) is 5.69 Å². The molecule has 1 aromatic heterocycles. The lowest BCUT2D eigenvalue weighted by molar-refractivity contribution is 0.0977. The Hall–Kier alpha value is -2.56. The number of halogens is 1. The Bertz CT molecular complexity index is 1240. The van der Waals surface area contributed by atoms with Gasteiger partial charge in [0.05, 0.1) is 22.5 Å². The number of nitrogens with one attached hydrogen (secondary N) is 2. The van der Waals surface area contributed by atoms with E-state index in [4.69, 9.17) is 21.9 Å². The monoisotopic (exact) mass is 573 g/mol. The fourth-order valence-corrected chi connectivity index (χ4v) is 4.73. The Morgan fingerprint density at radius 1 is 1.12 bits per heavy atom. The number of thiazole rings is 1. The summed E-state index contributed by atoms with van der Waals surface area (Å²) in [7, 11) is 0. The summed E-state index contributed by atoms with van der Waals surface area (Å²) in [4.78, 5) is 17.4. The van der Waals surface area contributed by atoms with Crippen molar-refractivity contribution in [2.45, 2.75) is 13.3 Å². The zero-order valence-corrected chi connectivity index (χ0v) is 21.0. The largest absolute Gasteiger partial charge is 0.494 e. The normalized spacial score (nSPS) is 10.7. The number of hydrogen-bond acceptors (Lipinski definition) is 5. The summed E-state index contributed by atoms with van der Waals surface area (Å²) in [6, 6.07) is 21.0. The third-order valence-corrected chi connectivity index (χ3v) is 6.52. The van der Waals surface area contributed by atoms with Gasteiger partial charge in [-0.15, -0.1) is 11.3 Å². The maximum Gasteiger partial charge on any atom is 0.257 e. The number of amides is 1. The van der Waals surface area contributed by atoms with Crippen molar-refractivity contribution >= 4 is 73.1 Å². The highest BCUT2D eigenvalue weighted by Crippen LogP contribution is 2.35. The molecule has 3 aromatic carbocycles. The zero-order chi connectivity index (χ0) is 22.5. The van der Waals surface area contributed by atoms with Gasteiger partial charge in [0, 0.05) is 14.7 Å². The molecule has 0 bridgehead atoms. The Labute approximate surface area is 209 Å². The molecule has 0 unspecified atom stereocenters. The van der Waals surface area contributed by atoms with Gasteiger partial charge in [-0.2, -0.15) is 0 Å². The number of anilines is 1. The van der Waals surface area contributed by atoms with Crippen LogP contribution in [0.2, 0.25) is 0 Å². The third-order valence-electron chi connectivity index (χ3n) is 4.57. The molecular formula is C24H20IN3O2S2. The predicted octanol–water partition coefficient (Wildman–Crippen LogP) is 6.48. The first-order valence-electron chi connectivity index (χ1n) is 10.0. The maximum atomic E-state index is 12.6. The molecule has 0 atom stereocenters. The molecule has 5 nitrogen and oxygen atoms in total. The van der Waals surface area contributed by atoms with E-state index in [0.717, 1.165) is 42.2 Å². The molecule has 0 aliphatic carbocycles. The lowest BCUT2D eigenvalue weighted by atomic mass is 10.2. The van der Waals surface area contributed by atoms with E-state index in [2.05, 4.69) is 45.4 Å². The number of carbonyl (C=O) groups is 1. The quantitative estimate of drug-likeness (QED) is 0.204. The molecule has 0 aliphatic rings. The average Bonchev–Trinajstić information content (AvgIpc) is 3.23. The number of ether oxygens (including phenoxy) is 1. The maximum absolute atomic E-state index is 12.6. The summed E-state index contributed by atoms with van der Waals surface area (Å²) in [5, 5.41) is 7.03. The van der Waals surface area contributed by atoms with Crippen molar-refractivity contribution in [3.8, 4) is 16.3 Å². The molecule has 162 valence electrons. The second-order valence-corrected chi connectivity index (χ2v) is 9.64. The summed E-state index contributed by atoms with van der Waals surface area (Å²) >= 11 is 9.31. The molecule has 0 radical (unpaired) electrons.